The van der Waals surface area contributed by atoms with E-state index in [4.69, 9.17) is 18.0 Å². The summed E-state index contributed by atoms with van der Waals surface area (Å²) < 4.78 is 13.9. The Balaban J connectivity index is 2.69. The minimum Gasteiger partial charge on any atom is -0.389 e. The molecule has 0 aliphatic heterocycles. The highest BCUT2D eigenvalue weighted by Gasteiger charge is 2.10. The Morgan fingerprint density at radius 1 is 1.42 bits per heavy atom. The Morgan fingerprint density at radius 3 is 2.53 bits per heavy atom. The van der Waals surface area contributed by atoms with Crippen LogP contribution < -0.4 is 11.1 Å². The fourth-order valence-electron chi connectivity index (χ4n) is 1.97. The van der Waals surface area contributed by atoms with Crippen LogP contribution in [0.4, 0.5) is 10.1 Å². The molecule has 0 bridgehead atoms. The zero-order chi connectivity index (χ0) is 14.4. The van der Waals surface area contributed by atoms with Crippen LogP contribution in [-0.2, 0) is 0 Å². The first-order valence-corrected chi connectivity index (χ1v) is 6.97. The monoisotopic (exact) mass is 283 g/mol. The summed E-state index contributed by atoms with van der Waals surface area (Å²) in [6.45, 7) is 9.14. The normalized spacial score (nSPS) is 12.5. The zero-order valence-electron chi connectivity index (χ0n) is 11.7. The van der Waals surface area contributed by atoms with Gasteiger partial charge in [0.2, 0.25) is 0 Å². The molecule has 1 atom stereocenters. The second-order valence-corrected chi connectivity index (χ2v) is 5.03. The number of thiocarbonyl (C=S) groups is 1. The Labute approximate surface area is 120 Å². The van der Waals surface area contributed by atoms with E-state index >= 15 is 0 Å². The van der Waals surface area contributed by atoms with Crippen LogP contribution >= 0.6 is 12.2 Å². The molecule has 1 aromatic carbocycles. The van der Waals surface area contributed by atoms with Crippen molar-refractivity contribution in [2.75, 3.05) is 25.0 Å². The van der Waals surface area contributed by atoms with Gasteiger partial charge in [-0.1, -0.05) is 26.1 Å². The first-order valence-electron chi connectivity index (χ1n) is 6.56. The first kappa shape index (κ1) is 15.9. The van der Waals surface area contributed by atoms with Gasteiger partial charge in [0.25, 0.3) is 0 Å². The lowest BCUT2D eigenvalue weighted by Gasteiger charge is -2.24. The third-order valence-electron chi connectivity index (χ3n) is 3.08. The Kier molecular flexibility index (Phi) is 6.18. The minimum atomic E-state index is -0.323. The molecule has 0 aromatic heterocycles. The van der Waals surface area contributed by atoms with E-state index in [1.165, 1.54) is 6.07 Å². The summed E-state index contributed by atoms with van der Waals surface area (Å²) in [5.41, 5.74) is 6.51. The van der Waals surface area contributed by atoms with E-state index < -0.39 is 0 Å². The number of anilines is 1. The average molecular weight is 283 g/mol. The molecule has 0 saturated carbocycles. The topological polar surface area (TPSA) is 41.3 Å². The van der Waals surface area contributed by atoms with Gasteiger partial charge in [-0.05, 0) is 38.2 Å². The molecule has 0 aliphatic carbocycles. The summed E-state index contributed by atoms with van der Waals surface area (Å²) >= 11 is 4.83. The molecular weight excluding hydrogens is 261 g/mol. The van der Waals surface area contributed by atoms with Gasteiger partial charge in [0.05, 0.1) is 5.69 Å². The Hall–Kier alpha value is -1.20. The molecule has 0 saturated heterocycles. The molecule has 1 rings (SSSR count). The molecule has 1 aromatic rings. The summed E-state index contributed by atoms with van der Waals surface area (Å²) in [7, 11) is 0. The second-order valence-electron chi connectivity index (χ2n) is 4.59. The highest BCUT2D eigenvalue weighted by Crippen LogP contribution is 2.17. The maximum absolute atomic E-state index is 13.9. The van der Waals surface area contributed by atoms with E-state index in [9.17, 15) is 4.39 Å². The van der Waals surface area contributed by atoms with E-state index in [-0.39, 0.29) is 16.8 Å². The lowest BCUT2D eigenvalue weighted by atomic mass is 10.2. The van der Waals surface area contributed by atoms with E-state index in [2.05, 4.69) is 24.1 Å². The fourth-order valence-corrected chi connectivity index (χ4v) is 2.09. The molecule has 106 valence electrons. The lowest BCUT2D eigenvalue weighted by molar-refractivity contribution is 0.294. The van der Waals surface area contributed by atoms with Crippen LogP contribution in [0.5, 0.6) is 0 Å². The quantitative estimate of drug-likeness (QED) is 0.755. The standard InChI is InChI=1S/C14H22FN3S/c1-4-18(5-2)9-10(3)17-13-7-6-11(14(16)19)8-12(13)15/h6-8,10,17H,4-5,9H2,1-3H3,(H2,16,19). The molecule has 5 heteroatoms. The molecule has 0 aliphatic rings. The maximum atomic E-state index is 13.9. The summed E-state index contributed by atoms with van der Waals surface area (Å²) in [6, 6.07) is 4.96. The van der Waals surface area contributed by atoms with E-state index in [1.54, 1.807) is 12.1 Å². The summed E-state index contributed by atoms with van der Waals surface area (Å²) in [4.78, 5) is 2.50. The van der Waals surface area contributed by atoms with Crippen molar-refractivity contribution in [3.63, 3.8) is 0 Å². The van der Waals surface area contributed by atoms with Gasteiger partial charge in [0.1, 0.15) is 10.8 Å². The number of rotatable bonds is 7. The third-order valence-corrected chi connectivity index (χ3v) is 3.32. The number of halogens is 1. The van der Waals surface area contributed by atoms with Crippen molar-refractivity contribution in [3.05, 3.63) is 29.6 Å². The molecule has 0 heterocycles. The predicted molar refractivity (Wildman–Crippen MR) is 83.2 cm³/mol. The van der Waals surface area contributed by atoms with E-state index in [0.29, 0.717) is 11.3 Å². The van der Waals surface area contributed by atoms with Gasteiger partial charge in [0.15, 0.2) is 0 Å². The van der Waals surface area contributed by atoms with Crippen molar-refractivity contribution in [1.82, 2.24) is 4.90 Å². The molecule has 0 amide bonds. The molecule has 3 N–H and O–H groups in total. The molecular formula is C14H22FN3S. The summed E-state index contributed by atoms with van der Waals surface area (Å²) in [5, 5.41) is 3.17. The van der Waals surface area contributed by atoms with Gasteiger partial charge in [-0.3, -0.25) is 0 Å². The van der Waals surface area contributed by atoms with E-state index in [0.717, 1.165) is 19.6 Å². The van der Waals surface area contributed by atoms with Crippen molar-refractivity contribution in [2.45, 2.75) is 26.8 Å². The van der Waals surface area contributed by atoms with Crippen molar-refractivity contribution in [3.8, 4) is 0 Å². The molecule has 0 spiro atoms. The van der Waals surface area contributed by atoms with E-state index in [1.807, 2.05) is 6.92 Å². The van der Waals surface area contributed by atoms with Crippen molar-refractivity contribution < 1.29 is 4.39 Å². The van der Waals surface area contributed by atoms with Crippen molar-refractivity contribution in [2.24, 2.45) is 5.73 Å². The van der Waals surface area contributed by atoms with Gasteiger partial charge in [-0.25, -0.2) is 4.39 Å². The number of hydrogen-bond acceptors (Lipinski definition) is 3. The van der Waals surface area contributed by atoms with Crippen LogP contribution in [0.25, 0.3) is 0 Å². The molecule has 19 heavy (non-hydrogen) atoms. The zero-order valence-corrected chi connectivity index (χ0v) is 12.6. The number of nitrogens with zero attached hydrogens (tertiary/aromatic N) is 1. The minimum absolute atomic E-state index is 0.171. The predicted octanol–water partition coefficient (Wildman–Crippen LogP) is 2.60. The number of nitrogens with two attached hydrogens (primary N) is 1. The summed E-state index contributed by atoms with van der Waals surface area (Å²) in [6.07, 6.45) is 0. The molecule has 0 radical (unpaired) electrons. The highest BCUT2D eigenvalue weighted by molar-refractivity contribution is 7.80. The molecule has 3 nitrogen and oxygen atoms in total. The maximum Gasteiger partial charge on any atom is 0.146 e. The van der Waals surface area contributed by atoms with Crippen molar-refractivity contribution >= 4 is 22.9 Å². The van der Waals surface area contributed by atoms with Gasteiger partial charge < -0.3 is 16.0 Å². The van der Waals surface area contributed by atoms with Crippen LogP contribution in [-0.4, -0.2) is 35.6 Å². The number of hydrogen-bond donors (Lipinski definition) is 2. The fraction of sp³-hybridized carbons (Fsp3) is 0.500. The van der Waals surface area contributed by atoms with Crippen LogP contribution in [0.2, 0.25) is 0 Å². The van der Waals surface area contributed by atoms with Crippen LogP contribution in [0.1, 0.15) is 26.3 Å². The molecule has 1 unspecified atom stereocenters. The number of likely N-dealkylation sites (N-methyl/N-ethyl adjacent to an activating group) is 1. The number of benzene rings is 1. The largest absolute Gasteiger partial charge is 0.389 e. The van der Waals surface area contributed by atoms with Crippen LogP contribution in [0, 0.1) is 5.82 Å². The highest BCUT2D eigenvalue weighted by atomic mass is 32.1. The van der Waals surface area contributed by atoms with Crippen LogP contribution in [0.3, 0.4) is 0 Å². The van der Waals surface area contributed by atoms with Crippen LogP contribution in [0.15, 0.2) is 18.2 Å². The SMILES string of the molecule is CCN(CC)CC(C)Nc1ccc(C(N)=S)cc1F. The second kappa shape index (κ2) is 7.40. The molecule has 0 fully saturated rings. The first-order chi connectivity index (χ1) is 8.97. The average Bonchev–Trinajstić information content (AvgIpc) is 2.38. The Morgan fingerprint density at radius 2 is 2.05 bits per heavy atom. The van der Waals surface area contributed by atoms with Gasteiger partial charge in [-0.2, -0.15) is 0 Å². The van der Waals surface area contributed by atoms with Gasteiger partial charge >= 0.3 is 0 Å². The smallest absolute Gasteiger partial charge is 0.146 e. The Bertz CT molecular complexity index is 433. The number of nitrogens with one attached hydrogen (secondary N) is 1. The van der Waals surface area contributed by atoms with Gasteiger partial charge in [-0.15, -0.1) is 0 Å². The van der Waals surface area contributed by atoms with Gasteiger partial charge in [0, 0.05) is 18.2 Å². The van der Waals surface area contributed by atoms with Crippen molar-refractivity contribution in [1.29, 1.82) is 0 Å². The summed E-state index contributed by atoms with van der Waals surface area (Å²) in [5.74, 6) is -0.323. The lowest BCUT2D eigenvalue weighted by Crippen LogP contribution is -2.34. The third kappa shape index (κ3) is 4.76.